The van der Waals surface area contributed by atoms with E-state index in [1.54, 1.807) is 4.90 Å². The fourth-order valence-electron chi connectivity index (χ4n) is 1.63. The van der Waals surface area contributed by atoms with Crippen LogP contribution in [0, 0.1) is 0 Å². The lowest BCUT2D eigenvalue weighted by molar-refractivity contribution is -0.127. The van der Waals surface area contributed by atoms with Crippen LogP contribution >= 0.6 is 11.5 Å². The van der Waals surface area contributed by atoms with E-state index < -0.39 is 0 Å². The van der Waals surface area contributed by atoms with Crippen molar-refractivity contribution in [1.29, 1.82) is 0 Å². The number of carbonyl (C=O) groups is 1. The molecular formula is C10H16N4OS. The molecule has 1 aromatic heterocycles. The number of rotatable bonds is 3. The van der Waals surface area contributed by atoms with E-state index in [0.717, 1.165) is 23.9 Å². The summed E-state index contributed by atoms with van der Waals surface area (Å²) >= 11 is 1.33. The molecule has 0 saturated carbocycles. The third-order valence-corrected chi connectivity index (χ3v) is 3.34. The highest BCUT2D eigenvalue weighted by Gasteiger charge is 2.29. The predicted octanol–water partition coefficient (Wildman–Crippen LogP) is 1.30. The maximum Gasteiger partial charge on any atom is 0.244 e. The number of hydrogen-bond acceptors (Lipinski definition) is 5. The maximum atomic E-state index is 11.7. The summed E-state index contributed by atoms with van der Waals surface area (Å²) in [6, 6.07) is -0.127. The van der Waals surface area contributed by atoms with Gasteiger partial charge in [0.1, 0.15) is 11.9 Å². The van der Waals surface area contributed by atoms with Crippen molar-refractivity contribution in [2.24, 2.45) is 0 Å². The standard InChI is InChI=1S/C10H16N4OS/c1-6(2)8-12-10(16-13-8)11-7-4-5-14(3)9(7)15/h6-7H,4-5H2,1-3H3,(H,11,12,13). The minimum Gasteiger partial charge on any atom is -0.348 e. The Labute approximate surface area is 99.0 Å². The van der Waals surface area contributed by atoms with Crippen molar-refractivity contribution in [3.8, 4) is 0 Å². The van der Waals surface area contributed by atoms with E-state index in [1.807, 2.05) is 7.05 Å². The van der Waals surface area contributed by atoms with Crippen LogP contribution in [-0.2, 0) is 4.79 Å². The lowest BCUT2D eigenvalue weighted by Gasteiger charge is -2.10. The number of likely N-dealkylation sites (tertiary alicyclic amines) is 1. The first-order valence-electron chi connectivity index (χ1n) is 5.43. The molecule has 2 heterocycles. The second-order valence-electron chi connectivity index (χ2n) is 4.36. The van der Waals surface area contributed by atoms with Crippen LogP contribution in [0.1, 0.15) is 32.0 Å². The van der Waals surface area contributed by atoms with E-state index in [2.05, 4.69) is 28.5 Å². The minimum absolute atomic E-state index is 0.127. The summed E-state index contributed by atoms with van der Waals surface area (Å²) in [6.45, 7) is 4.92. The lowest BCUT2D eigenvalue weighted by Crippen LogP contribution is -2.30. The number of nitrogens with zero attached hydrogens (tertiary/aromatic N) is 3. The Morgan fingerprint density at radius 3 is 2.81 bits per heavy atom. The first kappa shape index (κ1) is 11.3. The maximum absolute atomic E-state index is 11.7. The van der Waals surface area contributed by atoms with Gasteiger partial charge in [-0.25, -0.2) is 4.98 Å². The van der Waals surface area contributed by atoms with Gasteiger partial charge in [-0.05, 0) is 6.42 Å². The van der Waals surface area contributed by atoms with E-state index in [1.165, 1.54) is 11.5 Å². The van der Waals surface area contributed by atoms with Crippen LogP contribution in [-0.4, -0.2) is 39.8 Å². The molecule has 0 aliphatic carbocycles. The molecule has 1 aliphatic heterocycles. The Bertz CT molecular complexity index is 390. The van der Waals surface area contributed by atoms with Crippen molar-refractivity contribution in [3.63, 3.8) is 0 Å². The van der Waals surface area contributed by atoms with Gasteiger partial charge in [0.2, 0.25) is 11.0 Å². The Balaban J connectivity index is 2.01. The van der Waals surface area contributed by atoms with Gasteiger partial charge in [-0.1, -0.05) is 13.8 Å². The molecule has 1 unspecified atom stereocenters. The number of nitrogens with one attached hydrogen (secondary N) is 1. The average Bonchev–Trinajstić information content (AvgIpc) is 2.81. The van der Waals surface area contributed by atoms with Gasteiger partial charge in [0.05, 0.1) is 0 Å². The number of hydrogen-bond donors (Lipinski definition) is 1. The van der Waals surface area contributed by atoms with Crippen molar-refractivity contribution in [3.05, 3.63) is 5.82 Å². The predicted molar refractivity (Wildman–Crippen MR) is 63.7 cm³/mol. The van der Waals surface area contributed by atoms with Crippen molar-refractivity contribution >= 4 is 22.6 Å². The molecular weight excluding hydrogens is 224 g/mol. The Morgan fingerprint density at radius 1 is 1.56 bits per heavy atom. The largest absolute Gasteiger partial charge is 0.348 e. The van der Waals surface area contributed by atoms with E-state index in [0.29, 0.717) is 5.92 Å². The van der Waals surface area contributed by atoms with Crippen LogP contribution in [0.15, 0.2) is 0 Å². The SMILES string of the molecule is CC(C)c1nsc(NC2CCN(C)C2=O)n1. The first-order valence-corrected chi connectivity index (χ1v) is 6.20. The lowest BCUT2D eigenvalue weighted by atomic mass is 10.2. The van der Waals surface area contributed by atoms with Crippen LogP contribution in [0.3, 0.4) is 0 Å². The number of carbonyl (C=O) groups excluding carboxylic acids is 1. The third-order valence-electron chi connectivity index (χ3n) is 2.68. The molecule has 2 rings (SSSR count). The summed E-state index contributed by atoms with van der Waals surface area (Å²) < 4.78 is 4.24. The molecule has 1 aliphatic rings. The molecule has 1 atom stereocenters. The molecule has 6 heteroatoms. The molecule has 1 amide bonds. The zero-order valence-corrected chi connectivity index (χ0v) is 10.5. The Kier molecular flexibility index (Phi) is 3.09. The van der Waals surface area contributed by atoms with Gasteiger partial charge < -0.3 is 10.2 Å². The van der Waals surface area contributed by atoms with Crippen LogP contribution < -0.4 is 5.32 Å². The highest BCUT2D eigenvalue weighted by Crippen LogP contribution is 2.20. The summed E-state index contributed by atoms with van der Waals surface area (Å²) in [5.74, 6) is 1.31. The molecule has 5 nitrogen and oxygen atoms in total. The van der Waals surface area contributed by atoms with Gasteiger partial charge in [-0.2, -0.15) is 4.37 Å². The fraction of sp³-hybridized carbons (Fsp3) is 0.700. The number of likely N-dealkylation sites (N-methyl/N-ethyl adjacent to an activating group) is 1. The zero-order chi connectivity index (χ0) is 11.7. The van der Waals surface area contributed by atoms with Gasteiger partial charge in [0, 0.05) is 31.0 Å². The normalized spacial score (nSPS) is 20.9. The molecule has 1 aromatic rings. The minimum atomic E-state index is -0.127. The molecule has 0 aromatic carbocycles. The van der Waals surface area contributed by atoms with E-state index in [-0.39, 0.29) is 11.9 Å². The van der Waals surface area contributed by atoms with Crippen LogP contribution in [0.4, 0.5) is 5.13 Å². The fourth-order valence-corrected chi connectivity index (χ4v) is 2.39. The molecule has 0 radical (unpaired) electrons. The summed E-state index contributed by atoms with van der Waals surface area (Å²) in [7, 11) is 1.82. The van der Waals surface area contributed by atoms with Crippen LogP contribution in [0.25, 0.3) is 0 Å². The Morgan fingerprint density at radius 2 is 2.31 bits per heavy atom. The second-order valence-corrected chi connectivity index (χ2v) is 5.11. The molecule has 88 valence electrons. The topological polar surface area (TPSA) is 58.1 Å². The molecule has 16 heavy (non-hydrogen) atoms. The highest BCUT2D eigenvalue weighted by molar-refractivity contribution is 7.09. The first-order chi connectivity index (χ1) is 7.58. The molecule has 1 N–H and O–H groups in total. The smallest absolute Gasteiger partial charge is 0.244 e. The van der Waals surface area contributed by atoms with Crippen molar-refractivity contribution in [1.82, 2.24) is 14.3 Å². The quantitative estimate of drug-likeness (QED) is 0.865. The van der Waals surface area contributed by atoms with Gasteiger partial charge >= 0.3 is 0 Å². The monoisotopic (exact) mass is 240 g/mol. The molecule has 0 spiro atoms. The van der Waals surface area contributed by atoms with Crippen molar-refractivity contribution in [2.45, 2.75) is 32.2 Å². The van der Waals surface area contributed by atoms with E-state index in [9.17, 15) is 4.79 Å². The molecule has 0 bridgehead atoms. The second kappa shape index (κ2) is 4.37. The van der Waals surface area contributed by atoms with Gasteiger partial charge in [-0.15, -0.1) is 0 Å². The van der Waals surface area contributed by atoms with Crippen molar-refractivity contribution < 1.29 is 4.79 Å². The van der Waals surface area contributed by atoms with Gasteiger partial charge in [0.15, 0.2) is 0 Å². The van der Waals surface area contributed by atoms with E-state index in [4.69, 9.17) is 0 Å². The zero-order valence-electron chi connectivity index (χ0n) is 9.73. The van der Waals surface area contributed by atoms with Crippen LogP contribution in [0.2, 0.25) is 0 Å². The number of amides is 1. The summed E-state index contributed by atoms with van der Waals surface area (Å²) in [5.41, 5.74) is 0. The summed E-state index contributed by atoms with van der Waals surface area (Å²) in [6.07, 6.45) is 0.839. The van der Waals surface area contributed by atoms with Gasteiger partial charge in [0.25, 0.3) is 0 Å². The number of aromatic nitrogens is 2. The van der Waals surface area contributed by atoms with Crippen LogP contribution in [0.5, 0.6) is 0 Å². The van der Waals surface area contributed by atoms with Crippen molar-refractivity contribution in [2.75, 3.05) is 18.9 Å². The molecule has 1 fully saturated rings. The summed E-state index contributed by atoms with van der Waals surface area (Å²) in [5, 5.41) is 3.90. The number of anilines is 1. The Hall–Kier alpha value is -1.17. The summed E-state index contributed by atoms with van der Waals surface area (Å²) in [4.78, 5) is 17.8. The highest BCUT2D eigenvalue weighted by atomic mass is 32.1. The third kappa shape index (κ3) is 2.16. The average molecular weight is 240 g/mol. The van der Waals surface area contributed by atoms with E-state index >= 15 is 0 Å². The molecule has 1 saturated heterocycles. The van der Waals surface area contributed by atoms with Gasteiger partial charge in [-0.3, -0.25) is 4.79 Å².